The summed E-state index contributed by atoms with van der Waals surface area (Å²) < 4.78 is 12.9. The van der Waals surface area contributed by atoms with Crippen molar-refractivity contribution in [1.82, 2.24) is 5.32 Å². The SMILES string of the molecule is O=C(CSc1ccc(F)cc1)NC1CCSc2ccc(Cl)cc21. The topological polar surface area (TPSA) is 29.1 Å². The minimum absolute atomic E-state index is 0.00580. The molecule has 0 fully saturated rings. The molecule has 2 aromatic carbocycles. The Hall–Kier alpha value is -1.17. The predicted octanol–water partition coefficient (Wildman–Crippen LogP) is 4.92. The highest BCUT2D eigenvalue weighted by molar-refractivity contribution is 8.00. The predicted molar refractivity (Wildman–Crippen MR) is 94.8 cm³/mol. The molecule has 0 saturated heterocycles. The average molecular weight is 368 g/mol. The molecule has 1 heterocycles. The molecule has 1 aliphatic rings. The first-order valence-electron chi connectivity index (χ1n) is 7.22. The fourth-order valence-corrected chi connectivity index (χ4v) is 4.43. The molecule has 2 aromatic rings. The number of hydrogen-bond donors (Lipinski definition) is 1. The maximum Gasteiger partial charge on any atom is 0.230 e. The van der Waals surface area contributed by atoms with Crippen molar-refractivity contribution in [3.05, 3.63) is 58.9 Å². The van der Waals surface area contributed by atoms with Gasteiger partial charge in [-0.25, -0.2) is 4.39 Å². The van der Waals surface area contributed by atoms with Gasteiger partial charge in [0.15, 0.2) is 0 Å². The van der Waals surface area contributed by atoms with E-state index in [9.17, 15) is 9.18 Å². The Labute approximate surface area is 148 Å². The Morgan fingerprint density at radius 3 is 2.87 bits per heavy atom. The number of thioether (sulfide) groups is 2. The Morgan fingerprint density at radius 2 is 2.09 bits per heavy atom. The van der Waals surface area contributed by atoms with Crippen LogP contribution in [0, 0.1) is 5.82 Å². The number of rotatable bonds is 4. The molecule has 3 rings (SSSR count). The zero-order chi connectivity index (χ0) is 16.2. The number of amides is 1. The van der Waals surface area contributed by atoms with Gasteiger partial charge in [0.2, 0.25) is 5.91 Å². The molecule has 23 heavy (non-hydrogen) atoms. The molecule has 0 aromatic heterocycles. The van der Waals surface area contributed by atoms with Crippen LogP contribution < -0.4 is 5.32 Å². The summed E-state index contributed by atoms with van der Waals surface area (Å²) in [6.45, 7) is 0. The van der Waals surface area contributed by atoms with Crippen LogP contribution in [0.1, 0.15) is 18.0 Å². The maximum atomic E-state index is 12.9. The van der Waals surface area contributed by atoms with Gasteiger partial charge in [-0.3, -0.25) is 4.79 Å². The molecule has 6 heteroatoms. The fourth-order valence-electron chi connectivity index (χ4n) is 2.43. The smallest absolute Gasteiger partial charge is 0.230 e. The summed E-state index contributed by atoms with van der Waals surface area (Å²) >= 11 is 9.27. The van der Waals surface area contributed by atoms with E-state index in [2.05, 4.69) is 5.32 Å². The molecule has 0 bridgehead atoms. The van der Waals surface area contributed by atoms with Crippen LogP contribution in [-0.2, 0) is 4.79 Å². The Bertz CT molecular complexity index is 708. The summed E-state index contributed by atoms with van der Waals surface area (Å²) in [5, 5.41) is 3.76. The van der Waals surface area contributed by atoms with E-state index in [1.165, 1.54) is 28.8 Å². The second-order valence-corrected chi connectivity index (χ2v) is 7.80. The lowest BCUT2D eigenvalue weighted by atomic mass is 10.0. The zero-order valence-electron chi connectivity index (χ0n) is 12.2. The standard InChI is InChI=1S/C17H15ClFNOS2/c18-11-1-6-16-14(9-11)15(7-8-22-16)20-17(21)10-23-13-4-2-12(19)3-5-13/h1-6,9,15H,7-8,10H2,(H,20,21). The van der Waals surface area contributed by atoms with Gasteiger partial charge in [0.05, 0.1) is 11.8 Å². The molecule has 0 saturated carbocycles. The molecule has 0 aliphatic carbocycles. The lowest BCUT2D eigenvalue weighted by Gasteiger charge is -2.26. The van der Waals surface area contributed by atoms with Crippen molar-refractivity contribution >= 4 is 41.0 Å². The zero-order valence-corrected chi connectivity index (χ0v) is 14.6. The van der Waals surface area contributed by atoms with Crippen molar-refractivity contribution in [2.24, 2.45) is 0 Å². The van der Waals surface area contributed by atoms with Crippen LogP contribution in [0.5, 0.6) is 0 Å². The minimum atomic E-state index is -0.271. The van der Waals surface area contributed by atoms with Crippen molar-refractivity contribution in [1.29, 1.82) is 0 Å². The highest BCUT2D eigenvalue weighted by Gasteiger charge is 2.22. The lowest BCUT2D eigenvalue weighted by molar-refractivity contribution is -0.119. The molecule has 120 valence electrons. The molecular formula is C17H15ClFNOS2. The molecule has 1 aliphatic heterocycles. The summed E-state index contributed by atoms with van der Waals surface area (Å²) in [4.78, 5) is 14.3. The van der Waals surface area contributed by atoms with Crippen molar-refractivity contribution < 1.29 is 9.18 Å². The molecular weight excluding hydrogens is 353 g/mol. The summed E-state index contributed by atoms with van der Waals surface area (Å²) in [7, 11) is 0. The fraction of sp³-hybridized carbons (Fsp3) is 0.235. The van der Waals surface area contributed by atoms with Crippen LogP contribution in [0.25, 0.3) is 0 Å². The van der Waals surface area contributed by atoms with Gasteiger partial charge in [0.1, 0.15) is 5.82 Å². The minimum Gasteiger partial charge on any atom is -0.349 e. The number of halogens is 2. The third-order valence-electron chi connectivity index (χ3n) is 3.53. The Balaban J connectivity index is 1.60. The van der Waals surface area contributed by atoms with E-state index in [1.54, 1.807) is 23.9 Å². The van der Waals surface area contributed by atoms with E-state index in [0.717, 1.165) is 22.6 Å². The van der Waals surface area contributed by atoms with Crippen LogP contribution in [-0.4, -0.2) is 17.4 Å². The molecule has 1 atom stereocenters. The first-order valence-corrected chi connectivity index (χ1v) is 9.57. The maximum absolute atomic E-state index is 12.9. The third-order valence-corrected chi connectivity index (χ3v) is 5.90. The van der Waals surface area contributed by atoms with Gasteiger partial charge in [-0.15, -0.1) is 23.5 Å². The molecule has 2 nitrogen and oxygen atoms in total. The number of benzene rings is 2. The van der Waals surface area contributed by atoms with Gasteiger partial charge in [-0.05, 0) is 54.4 Å². The molecule has 1 unspecified atom stereocenters. The Kier molecular flexibility index (Phi) is 5.51. The van der Waals surface area contributed by atoms with Gasteiger partial charge >= 0.3 is 0 Å². The summed E-state index contributed by atoms with van der Waals surface area (Å²) in [5.74, 6) is 0.990. The van der Waals surface area contributed by atoms with Crippen LogP contribution in [0.3, 0.4) is 0 Å². The van der Waals surface area contributed by atoms with E-state index in [1.807, 2.05) is 18.2 Å². The van der Waals surface area contributed by atoms with Gasteiger partial charge < -0.3 is 5.32 Å². The number of carbonyl (C=O) groups excluding carboxylic acids is 1. The van der Waals surface area contributed by atoms with Crippen molar-refractivity contribution in [3.63, 3.8) is 0 Å². The van der Waals surface area contributed by atoms with Crippen LogP contribution in [0.4, 0.5) is 4.39 Å². The summed E-state index contributed by atoms with van der Waals surface area (Å²) in [6, 6.07) is 12.0. The molecule has 0 spiro atoms. The summed E-state index contributed by atoms with van der Waals surface area (Å²) in [6.07, 6.45) is 0.894. The second kappa shape index (κ2) is 7.60. The van der Waals surface area contributed by atoms with Crippen LogP contribution in [0.15, 0.2) is 52.3 Å². The number of fused-ring (bicyclic) bond motifs is 1. The lowest BCUT2D eigenvalue weighted by Crippen LogP contribution is -2.31. The number of hydrogen-bond acceptors (Lipinski definition) is 3. The normalized spacial score (nSPS) is 16.7. The van der Waals surface area contributed by atoms with E-state index in [0.29, 0.717) is 10.8 Å². The monoisotopic (exact) mass is 367 g/mol. The van der Waals surface area contributed by atoms with Crippen molar-refractivity contribution in [2.75, 3.05) is 11.5 Å². The van der Waals surface area contributed by atoms with Gasteiger partial charge in [-0.1, -0.05) is 11.6 Å². The van der Waals surface area contributed by atoms with Crippen LogP contribution in [0.2, 0.25) is 5.02 Å². The van der Waals surface area contributed by atoms with Crippen LogP contribution >= 0.6 is 35.1 Å². The van der Waals surface area contributed by atoms with E-state index in [-0.39, 0.29) is 17.8 Å². The third kappa shape index (κ3) is 4.43. The van der Waals surface area contributed by atoms with E-state index >= 15 is 0 Å². The molecule has 1 N–H and O–H groups in total. The quantitative estimate of drug-likeness (QED) is 0.777. The second-order valence-electron chi connectivity index (χ2n) is 5.18. The average Bonchev–Trinajstić information content (AvgIpc) is 2.55. The number of carbonyl (C=O) groups is 1. The van der Waals surface area contributed by atoms with Gasteiger partial charge in [0.25, 0.3) is 0 Å². The van der Waals surface area contributed by atoms with Crippen molar-refractivity contribution in [3.8, 4) is 0 Å². The highest BCUT2D eigenvalue weighted by atomic mass is 35.5. The van der Waals surface area contributed by atoms with Gasteiger partial charge in [-0.2, -0.15) is 0 Å². The highest BCUT2D eigenvalue weighted by Crippen LogP contribution is 2.37. The first-order chi connectivity index (χ1) is 11.1. The molecule has 1 amide bonds. The Morgan fingerprint density at radius 1 is 1.30 bits per heavy atom. The largest absolute Gasteiger partial charge is 0.349 e. The first kappa shape index (κ1) is 16.7. The summed E-state index contributed by atoms with van der Waals surface area (Å²) in [5.41, 5.74) is 1.09. The van der Waals surface area contributed by atoms with Gasteiger partial charge in [0, 0.05) is 20.6 Å². The molecule has 0 radical (unpaired) electrons. The number of nitrogens with one attached hydrogen (secondary N) is 1. The van der Waals surface area contributed by atoms with E-state index in [4.69, 9.17) is 11.6 Å². The van der Waals surface area contributed by atoms with E-state index < -0.39 is 0 Å². The van der Waals surface area contributed by atoms with Crippen molar-refractivity contribution in [2.45, 2.75) is 22.3 Å².